The molecule has 0 atom stereocenters. The molecule has 0 unspecified atom stereocenters. The van der Waals surface area contributed by atoms with Crippen LogP contribution in [0.2, 0.25) is 5.02 Å². The second-order valence-electron chi connectivity index (χ2n) is 9.95. The number of para-hydroxylation sites is 2. The van der Waals surface area contributed by atoms with Gasteiger partial charge in [-0.25, -0.2) is 0 Å². The van der Waals surface area contributed by atoms with Crippen molar-refractivity contribution in [1.29, 1.82) is 0 Å². The third-order valence-electron chi connectivity index (χ3n) is 7.65. The molecule has 39 heavy (non-hydrogen) atoms. The average molecular weight is 536 g/mol. The predicted octanol–water partition coefficient (Wildman–Crippen LogP) is 11.1. The molecule has 6 aromatic carbocycles. The van der Waals surface area contributed by atoms with Crippen molar-refractivity contribution in [3.8, 4) is 27.9 Å². The zero-order chi connectivity index (χ0) is 25.9. The number of halogens is 1. The van der Waals surface area contributed by atoms with Crippen molar-refractivity contribution in [3.05, 3.63) is 138 Å². The number of thiophene rings is 1. The first kappa shape index (κ1) is 22.6. The minimum Gasteiger partial charge on any atom is -0.309 e. The van der Waals surface area contributed by atoms with Gasteiger partial charge in [-0.3, -0.25) is 0 Å². The van der Waals surface area contributed by atoms with Gasteiger partial charge in [0.05, 0.1) is 11.0 Å². The largest absolute Gasteiger partial charge is 0.309 e. The molecule has 0 amide bonds. The monoisotopic (exact) mass is 535 g/mol. The van der Waals surface area contributed by atoms with Gasteiger partial charge in [-0.1, -0.05) is 84.4 Å². The lowest BCUT2D eigenvalue weighted by Crippen LogP contribution is -1.93. The molecule has 8 rings (SSSR count). The van der Waals surface area contributed by atoms with Crippen LogP contribution in [0.15, 0.2) is 133 Å². The molecule has 2 heterocycles. The van der Waals surface area contributed by atoms with Crippen molar-refractivity contribution in [2.24, 2.45) is 0 Å². The number of aromatic nitrogens is 1. The minimum atomic E-state index is 0.758. The van der Waals surface area contributed by atoms with Gasteiger partial charge in [-0.15, -0.1) is 11.3 Å². The molecule has 0 saturated carbocycles. The highest BCUT2D eigenvalue weighted by Crippen LogP contribution is 2.40. The Bertz CT molecular complexity index is 2190. The fourth-order valence-electron chi connectivity index (χ4n) is 5.81. The van der Waals surface area contributed by atoms with E-state index in [1.807, 2.05) is 29.5 Å². The molecule has 0 fully saturated rings. The highest BCUT2D eigenvalue weighted by Gasteiger charge is 2.14. The molecule has 0 radical (unpaired) electrons. The Morgan fingerprint density at radius 3 is 1.79 bits per heavy atom. The molecule has 0 aliphatic rings. The van der Waals surface area contributed by atoms with E-state index in [0.29, 0.717) is 0 Å². The standard InChI is InChI=1S/C36H22ClNS/c37-27-8-6-7-23(19-27)24-14-17-35-31(20-24)32-21-25(15-18-36(32)39-35)26-13-16-30-29-11-4-5-12-33(29)38(34(30)22-26)28-9-2-1-3-10-28/h1-22H. The molecule has 184 valence electrons. The van der Waals surface area contributed by atoms with Gasteiger partial charge in [-0.05, 0) is 82.9 Å². The van der Waals surface area contributed by atoms with Crippen LogP contribution < -0.4 is 0 Å². The third-order valence-corrected chi connectivity index (χ3v) is 9.04. The van der Waals surface area contributed by atoms with E-state index < -0.39 is 0 Å². The van der Waals surface area contributed by atoms with Gasteiger partial charge in [0.1, 0.15) is 0 Å². The summed E-state index contributed by atoms with van der Waals surface area (Å²) in [6.45, 7) is 0. The number of fused-ring (bicyclic) bond motifs is 6. The summed E-state index contributed by atoms with van der Waals surface area (Å²) in [6.07, 6.45) is 0. The number of rotatable bonds is 3. The van der Waals surface area contributed by atoms with Crippen LogP contribution in [0.1, 0.15) is 0 Å². The van der Waals surface area contributed by atoms with Crippen LogP contribution in [-0.4, -0.2) is 4.57 Å². The molecule has 3 heteroatoms. The van der Waals surface area contributed by atoms with Crippen LogP contribution in [-0.2, 0) is 0 Å². The average Bonchev–Trinajstić information content (AvgIpc) is 3.52. The summed E-state index contributed by atoms with van der Waals surface area (Å²) in [5, 5.41) is 5.88. The lowest BCUT2D eigenvalue weighted by molar-refractivity contribution is 1.18. The molecule has 1 nitrogen and oxygen atoms in total. The number of nitrogens with zero attached hydrogens (tertiary/aromatic N) is 1. The predicted molar refractivity (Wildman–Crippen MR) is 170 cm³/mol. The first-order valence-corrected chi connectivity index (χ1v) is 14.2. The van der Waals surface area contributed by atoms with E-state index in [0.717, 1.165) is 10.6 Å². The van der Waals surface area contributed by atoms with Gasteiger partial charge >= 0.3 is 0 Å². The highest BCUT2D eigenvalue weighted by molar-refractivity contribution is 7.25. The molecular weight excluding hydrogens is 514 g/mol. The van der Waals surface area contributed by atoms with Crippen LogP contribution in [0.4, 0.5) is 0 Å². The summed E-state index contributed by atoms with van der Waals surface area (Å²) < 4.78 is 4.98. The molecule has 0 N–H and O–H groups in total. The van der Waals surface area contributed by atoms with Crippen molar-refractivity contribution >= 4 is 64.9 Å². The van der Waals surface area contributed by atoms with Crippen molar-refractivity contribution in [3.63, 3.8) is 0 Å². The summed E-state index contributed by atoms with van der Waals surface area (Å²) in [5.41, 5.74) is 8.38. The first-order valence-electron chi connectivity index (χ1n) is 13.0. The van der Waals surface area contributed by atoms with E-state index in [1.165, 1.54) is 64.4 Å². The van der Waals surface area contributed by atoms with E-state index in [4.69, 9.17) is 11.6 Å². The fourth-order valence-corrected chi connectivity index (χ4v) is 7.07. The van der Waals surface area contributed by atoms with Crippen molar-refractivity contribution in [1.82, 2.24) is 4.57 Å². The van der Waals surface area contributed by atoms with Crippen LogP contribution in [0, 0.1) is 0 Å². The van der Waals surface area contributed by atoms with Crippen LogP contribution in [0.25, 0.3) is 69.9 Å². The topological polar surface area (TPSA) is 4.93 Å². The van der Waals surface area contributed by atoms with Gasteiger partial charge in [0.15, 0.2) is 0 Å². The van der Waals surface area contributed by atoms with Gasteiger partial charge < -0.3 is 4.57 Å². The first-order chi connectivity index (χ1) is 19.2. The van der Waals surface area contributed by atoms with Crippen molar-refractivity contribution in [2.75, 3.05) is 0 Å². The van der Waals surface area contributed by atoms with E-state index >= 15 is 0 Å². The lowest BCUT2D eigenvalue weighted by atomic mass is 9.99. The number of benzene rings is 6. The number of hydrogen-bond acceptors (Lipinski definition) is 1. The quantitative estimate of drug-likeness (QED) is 0.212. The summed E-state index contributed by atoms with van der Waals surface area (Å²) in [5.74, 6) is 0. The van der Waals surface area contributed by atoms with E-state index in [1.54, 1.807) is 0 Å². The van der Waals surface area contributed by atoms with Crippen molar-refractivity contribution < 1.29 is 0 Å². The van der Waals surface area contributed by atoms with Gasteiger partial charge in [0, 0.05) is 41.7 Å². The highest BCUT2D eigenvalue weighted by atomic mass is 35.5. The van der Waals surface area contributed by atoms with Gasteiger partial charge in [-0.2, -0.15) is 0 Å². The maximum atomic E-state index is 6.29. The molecular formula is C36H22ClNS. The van der Waals surface area contributed by atoms with E-state index in [2.05, 4.69) is 120 Å². The second-order valence-corrected chi connectivity index (χ2v) is 11.5. The van der Waals surface area contributed by atoms with Gasteiger partial charge in [0.2, 0.25) is 0 Å². The third kappa shape index (κ3) is 3.68. The maximum absolute atomic E-state index is 6.29. The summed E-state index contributed by atoms with van der Waals surface area (Å²) in [6, 6.07) is 47.9. The molecule has 0 spiro atoms. The normalized spacial score (nSPS) is 11.7. The zero-order valence-corrected chi connectivity index (χ0v) is 22.5. The Morgan fingerprint density at radius 1 is 0.436 bits per heavy atom. The molecule has 0 saturated heterocycles. The zero-order valence-electron chi connectivity index (χ0n) is 20.9. The van der Waals surface area contributed by atoms with Crippen molar-refractivity contribution in [2.45, 2.75) is 0 Å². The minimum absolute atomic E-state index is 0.758. The Kier molecular flexibility index (Phi) is 5.12. The molecule has 0 bridgehead atoms. The summed E-state index contributed by atoms with van der Waals surface area (Å²) in [4.78, 5) is 0. The molecule has 0 aliphatic heterocycles. The summed E-state index contributed by atoms with van der Waals surface area (Å²) in [7, 11) is 0. The Balaban J connectivity index is 1.33. The lowest BCUT2D eigenvalue weighted by Gasteiger charge is -2.09. The van der Waals surface area contributed by atoms with Gasteiger partial charge in [0.25, 0.3) is 0 Å². The smallest absolute Gasteiger partial charge is 0.0547 e. The maximum Gasteiger partial charge on any atom is 0.0547 e. The van der Waals surface area contributed by atoms with E-state index in [9.17, 15) is 0 Å². The van der Waals surface area contributed by atoms with E-state index in [-0.39, 0.29) is 0 Å². The Morgan fingerprint density at radius 2 is 1.05 bits per heavy atom. The SMILES string of the molecule is Clc1cccc(-c2ccc3sc4ccc(-c5ccc6c7ccccc7n(-c7ccccc7)c6c5)cc4c3c2)c1. The summed E-state index contributed by atoms with van der Waals surface area (Å²) >= 11 is 8.14. The van der Waals surface area contributed by atoms with Crippen LogP contribution in [0.3, 0.4) is 0 Å². The molecule has 8 aromatic rings. The second kappa shape index (κ2) is 8.84. The van der Waals surface area contributed by atoms with Crippen LogP contribution in [0.5, 0.6) is 0 Å². The molecule has 2 aromatic heterocycles. The van der Waals surface area contributed by atoms with Crippen LogP contribution >= 0.6 is 22.9 Å². The molecule has 0 aliphatic carbocycles. The number of hydrogen-bond donors (Lipinski definition) is 0. The Labute approximate surface area is 235 Å². The fraction of sp³-hybridized carbons (Fsp3) is 0. The Hall–Kier alpha value is -4.37.